The predicted molar refractivity (Wildman–Crippen MR) is 79.4 cm³/mol. The summed E-state index contributed by atoms with van der Waals surface area (Å²) >= 11 is 11.5. The lowest BCUT2D eigenvalue weighted by molar-refractivity contribution is 0.567. The number of rotatable bonds is 4. The van der Waals surface area contributed by atoms with E-state index in [2.05, 4.69) is 9.71 Å². The Bertz CT molecular complexity index is 703. The van der Waals surface area contributed by atoms with Crippen molar-refractivity contribution in [2.75, 3.05) is 0 Å². The highest BCUT2D eigenvalue weighted by molar-refractivity contribution is 7.89. The number of hydrogen-bond donors (Lipinski definition) is 1. The molecular formula is C13H12Cl2N2O2S. The minimum Gasteiger partial charge on any atom is -0.244 e. The molecule has 0 spiro atoms. The zero-order valence-corrected chi connectivity index (χ0v) is 12.9. The van der Waals surface area contributed by atoms with Crippen molar-refractivity contribution >= 4 is 33.2 Å². The summed E-state index contributed by atoms with van der Waals surface area (Å²) in [5, 5.41) is 0.733. The van der Waals surface area contributed by atoms with Gasteiger partial charge in [-0.15, -0.1) is 0 Å². The van der Waals surface area contributed by atoms with Crippen LogP contribution in [0.3, 0.4) is 0 Å². The third kappa shape index (κ3) is 3.70. The maximum absolute atomic E-state index is 12.2. The van der Waals surface area contributed by atoms with E-state index in [1.165, 1.54) is 18.3 Å². The molecule has 4 nitrogen and oxygen atoms in total. The smallest absolute Gasteiger partial charge is 0.241 e. The fourth-order valence-corrected chi connectivity index (χ4v) is 3.28. The molecule has 1 aromatic heterocycles. The van der Waals surface area contributed by atoms with Crippen LogP contribution in [0.15, 0.2) is 47.5 Å². The zero-order valence-electron chi connectivity index (χ0n) is 10.5. The van der Waals surface area contributed by atoms with E-state index < -0.39 is 10.0 Å². The first-order valence-electron chi connectivity index (χ1n) is 5.78. The van der Waals surface area contributed by atoms with Gasteiger partial charge in [0.1, 0.15) is 5.15 Å². The van der Waals surface area contributed by atoms with Gasteiger partial charge in [0.05, 0.1) is 4.90 Å². The van der Waals surface area contributed by atoms with E-state index in [0.29, 0.717) is 5.02 Å². The van der Waals surface area contributed by atoms with Gasteiger partial charge in [-0.1, -0.05) is 35.3 Å². The van der Waals surface area contributed by atoms with Crippen LogP contribution < -0.4 is 4.72 Å². The lowest BCUT2D eigenvalue weighted by Gasteiger charge is -2.14. The molecule has 1 atom stereocenters. The van der Waals surface area contributed by atoms with Crippen LogP contribution >= 0.6 is 23.2 Å². The Kier molecular flexibility index (Phi) is 4.65. The normalized spacial score (nSPS) is 13.2. The zero-order chi connectivity index (χ0) is 14.8. The molecule has 1 heterocycles. The van der Waals surface area contributed by atoms with Crippen molar-refractivity contribution < 1.29 is 8.42 Å². The largest absolute Gasteiger partial charge is 0.244 e. The number of benzene rings is 1. The Balaban J connectivity index is 2.22. The number of nitrogens with zero attached hydrogens (tertiary/aromatic N) is 1. The van der Waals surface area contributed by atoms with E-state index in [4.69, 9.17) is 23.2 Å². The molecule has 2 rings (SSSR count). The summed E-state index contributed by atoms with van der Waals surface area (Å²) in [6.07, 6.45) is 1.35. The van der Waals surface area contributed by atoms with Gasteiger partial charge in [-0.3, -0.25) is 0 Å². The summed E-state index contributed by atoms with van der Waals surface area (Å²) in [5.74, 6) is 0. The van der Waals surface area contributed by atoms with E-state index in [-0.39, 0.29) is 16.1 Å². The molecule has 0 saturated heterocycles. The number of aromatic nitrogens is 1. The standard InChI is InChI=1S/C13H12Cl2N2O2S/c1-9(10-2-4-11(14)5-3-10)17-20(18,19)12-6-7-16-13(15)8-12/h2-9,17H,1H3. The number of halogens is 2. The quantitative estimate of drug-likeness (QED) is 0.873. The molecule has 20 heavy (non-hydrogen) atoms. The fourth-order valence-electron chi connectivity index (χ4n) is 1.67. The molecule has 1 aromatic carbocycles. The number of pyridine rings is 1. The summed E-state index contributed by atoms with van der Waals surface area (Å²) in [4.78, 5) is 3.84. The molecule has 0 aliphatic heterocycles. The van der Waals surface area contributed by atoms with Crippen LogP contribution in [0.2, 0.25) is 10.2 Å². The lowest BCUT2D eigenvalue weighted by Crippen LogP contribution is -2.26. The lowest BCUT2D eigenvalue weighted by atomic mass is 10.1. The van der Waals surface area contributed by atoms with Gasteiger partial charge in [0, 0.05) is 17.3 Å². The third-order valence-electron chi connectivity index (χ3n) is 2.71. The first kappa shape index (κ1) is 15.3. The van der Waals surface area contributed by atoms with Gasteiger partial charge in [-0.2, -0.15) is 0 Å². The van der Waals surface area contributed by atoms with Crippen molar-refractivity contribution in [3.63, 3.8) is 0 Å². The predicted octanol–water partition coefficient (Wildman–Crippen LogP) is 3.43. The molecule has 2 aromatic rings. The summed E-state index contributed by atoms with van der Waals surface area (Å²) in [6.45, 7) is 1.75. The van der Waals surface area contributed by atoms with Gasteiger partial charge in [0.15, 0.2) is 0 Å². The Labute approximate surface area is 127 Å². The van der Waals surface area contributed by atoms with Crippen LogP contribution in [0.4, 0.5) is 0 Å². The van der Waals surface area contributed by atoms with Gasteiger partial charge in [-0.25, -0.2) is 18.1 Å². The minimum absolute atomic E-state index is 0.0818. The van der Waals surface area contributed by atoms with Crippen molar-refractivity contribution in [2.24, 2.45) is 0 Å². The van der Waals surface area contributed by atoms with E-state index in [1.54, 1.807) is 31.2 Å². The molecule has 0 aliphatic rings. The number of nitrogens with one attached hydrogen (secondary N) is 1. The van der Waals surface area contributed by atoms with Crippen LogP contribution in [-0.2, 0) is 10.0 Å². The minimum atomic E-state index is -3.65. The van der Waals surface area contributed by atoms with Gasteiger partial charge in [0.2, 0.25) is 10.0 Å². The molecule has 0 saturated carbocycles. The van der Waals surface area contributed by atoms with Crippen molar-refractivity contribution in [1.29, 1.82) is 0 Å². The fraction of sp³-hybridized carbons (Fsp3) is 0.154. The van der Waals surface area contributed by atoms with Crippen molar-refractivity contribution in [2.45, 2.75) is 17.9 Å². The van der Waals surface area contributed by atoms with Gasteiger partial charge >= 0.3 is 0 Å². The van der Waals surface area contributed by atoms with Crippen molar-refractivity contribution in [3.05, 3.63) is 58.3 Å². The van der Waals surface area contributed by atoms with Gasteiger partial charge in [0.25, 0.3) is 0 Å². The molecule has 7 heteroatoms. The average molecular weight is 331 g/mol. The molecular weight excluding hydrogens is 319 g/mol. The summed E-state index contributed by atoms with van der Waals surface area (Å²) in [7, 11) is -3.65. The topological polar surface area (TPSA) is 59.1 Å². The SMILES string of the molecule is CC(NS(=O)(=O)c1ccnc(Cl)c1)c1ccc(Cl)cc1. The van der Waals surface area contributed by atoms with Crippen LogP contribution in [0.25, 0.3) is 0 Å². The number of sulfonamides is 1. The summed E-state index contributed by atoms with van der Waals surface area (Å²) in [5.41, 5.74) is 0.818. The highest BCUT2D eigenvalue weighted by Crippen LogP contribution is 2.19. The molecule has 0 radical (unpaired) electrons. The van der Waals surface area contributed by atoms with Crippen molar-refractivity contribution in [1.82, 2.24) is 9.71 Å². The monoisotopic (exact) mass is 330 g/mol. The Morgan fingerprint density at radius 2 is 1.80 bits per heavy atom. The maximum atomic E-state index is 12.2. The van der Waals surface area contributed by atoms with E-state index in [1.807, 2.05) is 0 Å². The van der Waals surface area contributed by atoms with Crippen LogP contribution in [0, 0.1) is 0 Å². The van der Waals surface area contributed by atoms with E-state index >= 15 is 0 Å². The second-order valence-electron chi connectivity index (χ2n) is 4.21. The Hall–Kier alpha value is -1.14. The molecule has 0 amide bonds. The maximum Gasteiger partial charge on any atom is 0.241 e. The van der Waals surface area contributed by atoms with E-state index in [9.17, 15) is 8.42 Å². The van der Waals surface area contributed by atoms with E-state index in [0.717, 1.165) is 5.56 Å². The third-order valence-corrected chi connectivity index (χ3v) is 4.71. The number of hydrogen-bond acceptors (Lipinski definition) is 3. The molecule has 1 unspecified atom stereocenters. The molecule has 0 fully saturated rings. The van der Waals surface area contributed by atoms with Gasteiger partial charge in [-0.05, 0) is 36.8 Å². The second kappa shape index (κ2) is 6.10. The molecule has 1 N–H and O–H groups in total. The highest BCUT2D eigenvalue weighted by atomic mass is 35.5. The highest BCUT2D eigenvalue weighted by Gasteiger charge is 2.18. The summed E-state index contributed by atoms with van der Waals surface area (Å²) in [6, 6.07) is 9.28. The Morgan fingerprint density at radius 3 is 2.40 bits per heavy atom. The average Bonchev–Trinajstić information content (AvgIpc) is 2.39. The first-order chi connectivity index (χ1) is 9.38. The summed E-state index contributed by atoms with van der Waals surface area (Å²) < 4.78 is 27.0. The first-order valence-corrected chi connectivity index (χ1v) is 8.02. The van der Waals surface area contributed by atoms with Crippen molar-refractivity contribution in [3.8, 4) is 0 Å². The molecule has 106 valence electrons. The Morgan fingerprint density at radius 1 is 1.15 bits per heavy atom. The second-order valence-corrected chi connectivity index (χ2v) is 6.75. The van der Waals surface area contributed by atoms with Crippen LogP contribution in [0.1, 0.15) is 18.5 Å². The van der Waals surface area contributed by atoms with Gasteiger partial charge < -0.3 is 0 Å². The van der Waals surface area contributed by atoms with Crippen LogP contribution in [-0.4, -0.2) is 13.4 Å². The molecule has 0 bridgehead atoms. The molecule has 0 aliphatic carbocycles. The van der Waals surface area contributed by atoms with Crippen LogP contribution in [0.5, 0.6) is 0 Å².